The summed E-state index contributed by atoms with van der Waals surface area (Å²) in [6.45, 7) is 0. The van der Waals surface area contributed by atoms with Crippen LogP contribution in [-0.2, 0) is 62.5 Å². The summed E-state index contributed by atoms with van der Waals surface area (Å²) < 4.78 is 0. The van der Waals surface area contributed by atoms with Gasteiger partial charge in [0.25, 0.3) is 0 Å². The van der Waals surface area contributed by atoms with Crippen LogP contribution in [0.25, 0.3) is 0 Å². The number of rotatable bonds is 2. The first-order valence-corrected chi connectivity index (χ1v) is 2.82. The molecule has 3 nitrogen and oxygen atoms in total. The Kier molecular flexibility index (Phi) is 17.5. The molecule has 6 heteroatoms. The van der Waals surface area contributed by atoms with Gasteiger partial charge in [0.1, 0.15) is 5.75 Å². The van der Waals surface area contributed by atoms with Gasteiger partial charge in [-0.2, -0.15) is 0 Å². The predicted octanol–water partition coefficient (Wildman–Crippen LogP) is 0.434. The maximum Gasteiger partial charge on any atom is 0.133 e. The molecule has 13 heavy (non-hydrogen) atoms. The molecule has 0 atom stereocenters. The van der Waals surface area contributed by atoms with E-state index in [9.17, 15) is 4.79 Å². The molecule has 0 aliphatic carbocycles. The summed E-state index contributed by atoms with van der Waals surface area (Å²) in [6.07, 6.45) is 3.19. The van der Waals surface area contributed by atoms with Crippen LogP contribution in [0.2, 0.25) is 0 Å². The van der Waals surface area contributed by atoms with Crippen LogP contribution in [0.1, 0.15) is 5.69 Å². The molecule has 0 saturated heterocycles. The van der Waals surface area contributed by atoms with Gasteiger partial charge in [-0.15, -0.1) is 6.42 Å². The van der Waals surface area contributed by atoms with Gasteiger partial charge in [0, 0.05) is 88.1 Å². The van der Waals surface area contributed by atoms with Crippen LogP contribution in [0.15, 0.2) is 18.3 Å². The van der Waals surface area contributed by atoms with Gasteiger partial charge in [0.2, 0.25) is 0 Å². The Balaban J connectivity index is -0.000000333. The summed E-state index contributed by atoms with van der Waals surface area (Å²) in [6, 6.07) is 3.07. The molecule has 2 radical (unpaired) electrons. The Morgan fingerprint density at radius 3 is 2.46 bits per heavy atom. The van der Waals surface area contributed by atoms with E-state index in [0.29, 0.717) is 5.69 Å². The second kappa shape index (κ2) is 11.4. The van der Waals surface area contributed by atoms with Crippen molar-refractivity contribution in [2.75, 3.05) is 0 Å². The first-order valence-electron chi connectivity index (χ1n) is 2.82. The van der Waals surface area contributed by atoms with Crippen molar-refractivity contribution in [1.82, 2.24) is 4.98 Å². The third-order valence-corrected chi connectivity index (χ3v) is 1.06. The van der Waals surface area contributed by atoms with Crippen LogP contribution in [0, 0.1) is 31.1 Å². The molecule has 1 rings (SSSR count). The summed E-state index contributed by atoms with van der Waals surface area (Å²) in [5.41, 5.74) is 0.618. The van der Waals surface area contributed by atoms with E-state index in [0.717, 1.165) is 0 Å². The SMILES string of the molecule is O=[C-]Cc1ccc(O)cn1.[U].[V].[Y]. The minimum absolute atomic E-state index is 0. The molecule has 0 amide bonds. The van der Waals surface area contributed by atoms with Crippen molar-refractivity contribution in [3.05, 3.63) is 24.0 Å². The van der Waals surface area contributed by atoms with Crippen molar-refractivity contribution in [2.24, 2.45) is 0 Å². The van der Waals surface area contributed by atoms with Crippen LogP contribution in [0.4, 0.5) is 0 Å². The number of hydrogen-bond donors (Lipinski definition) is 1. The Morgan fingerprint density at radius 2 is 2.08 bits per heavy atom. The molecular formula is C7H6NO2UVY-. The summed E-state index contributed by atoms with van der Waals surface area (Å²) in [7, 11) is 0. The second-order valence-electron chi connectivity index (χ2n) is 1.83. The number of hydrogen-bond acceptors (Lipinski definition) is 3. The van der Waals surface area contributed by atoms with E-state index < -0.39 is 0 Å². The number of aromatic nitrogens is 1. The quantitative estimate of drug-likeness (QED) is 0.584. The fourth-order valence-electron chi connectivity index (χ4n) is 0.595. The smallest absolute Gasteiger partial charge is 0.133 e. The molecule has 1 heterocycles. The zero-order valence-corrected chi connectivity index (χ0v) is 15.2. The normalized spacial score (nSPS) is 7.08. The molecule has 0 fully saturated rings. The number of carbonyl (C=O) groups excluding carboxylic acids is 1. The van der Waals surface area contributed by atoms with Crippen LogP contribution < -0.4 is 0 Å². The number of nitrogens with zero attached hydrogens (tertiary/aromatic N) is 1. The molecular weight excluding hydrogens is 508 g/mol. The van der Waals surface area contributed by atoms with Crippen LogP contribution in [-0.4, -0.2) is 16.4 Å². The molecule has 64 valence electrons. The largest absolute Gasteiger partial charge is 0.541 e. The monoisotopic (exact) mass is 514 g/mol. The Bertz CT molecular complexity index is 232. The molecule has 0 aromatic carbocycles. The summed E-state index contributed by atoms with van der Waals surface area (Å²) in [5.74, 6) is 0.106. The van der Waals surface area contributed by atoms with Gasteiger partial charge < -0.3 is 9.90 Å². The van der Waals surface area contributed by atoms with E-state index in [1.54, 1.807) is 12.4 Å². The topological polar surface area (TPSA) is 50.2 Å². The van der Waals surface area contributed by atoms with E-state index in [1.165, 1.54) is 12.3 Å². The fraction of sp³-hybridized carbons (Fsp3) is 0.143. The van der Waals surface area contributed by atoms with Crippen molar-refractivity contribution in [2.45, 2.75) is 6.42 Å². The molecule has 1 aromatic heterocycles. The predicted molar refractivity (Wildman–Crippen MR) is 35.3 cm³/mol. The van der Waals surface area contributed by atoms with Crippen LogP contribution >= 0.6 is 0 Å². The summed E-state index contributed by atoms with van der Waals surface area (Å²) in [4.78, 5) is 13.6. The molecule has 0 aliphatic rings. The van der Waals surface area contributed by atoms with Gasteiger partial charge in [-0.3, -0.25) is 11.3 Å². The zero-order valence-electron chi connectivity index (χ0n) is 6.77. The molecule has 0 bridgehead atoms. The van der Waals surface area contributed by atoms with E-state index in [1.807, 2.05) is 0 Å². The van der Waals surface area contributed by atoms with Gasteiger partial charge in [0.05, 0.1) is 6.20 Å². The minimum atomic E-state index is 0. The van der Waals surface area contributed by atoms with Crippen molar-refractivity contribution in [3.63, 3.8) is 0 Å². The Hall–Kier alpha value is 1.36. The van der Waals surface area contributed by atoms with Crippen LogP contribution in [0.5, 0.6) is 5.75 Å². The van der Waals surface area contributed by atoms with Crippen molar-refractivity contribution in [1.29, 1.82) is 0 Å². The number of aromatic hydroxyl groups is 1. The van der Waals surface area contributed by atoms with E-state index in [2.05, 4.69) is 4.98 Å². The Morgan fingerprint density at radius 1 is 1.46 bits per heavy atom. The second-order valence-corrected chi connectivity index (χ2v) is 1.83. The molecule has 0 spiro atoms. The van der Waals surface area contributed by atoms with Gasteiger partial charge in [0.15, 0.2) is 0 Å². The zero-order chi connectivity index (χ0) is 7.40. The van der Waals surface area contributed by atoms with E-state index in [-0.39, 0.29) is 94.5 Å². The maximum atomic E-state index is 9.83. The average Bonchev–Trinajstić information content (AvgIpc) is 1.95. The molecule has 1 N–H and O–H groups in total. The fourth-order valence-corrected chi connectivity index (χ4v) is 0.595. The van der Waals surface area contributed by atoms with Gasteiger partial charge >= 0.3 is 0 Å². The van der Waals surface area contributed by atoms with Crippen molar-refractivity contribution >= 4 is 6.29 Å². The third-order valence-electron chi connectivity index (χ3n) is 1.06. The molecule has 0 unspecified atom stereocenters. The maximum absolute atomic E-state index is 9.83. The molecule has 0 aliphatic heterocycles. The van der Waals surface area contributed by atoms with E-state index >= 15 is 0 Å². The van der Waals surface area contributed by atoms with Gasteiger partial charge in [-0.25, -0.2) is 0 Å². The van der Waals surface area contributed by atoms with Gasteiger partial charge in [-0.05, 0) is 12.1 Å². The third kappa shape index (κ3) is 8.36. The van der Waals surface area contributed by atoms with E-state index in [4.69, 9.17) is 5.11 Å². The summed E-state index contributed by atoms with van der Waals surface area (Å²) in [5, 5.41) is 8.76. The first kappa shape index (κ1) is 19.9. The number of pyridine rings is 1. The standard InChI is InChI=1S/C7H6NO2.U.V.Y/c9-4-3-6-1-2-7(10)5-8-6;;;/h1-2,5,10H,3H2;;;/q-1;;;. The first-order chi connectivity index (χ1) is 4.83. The average molecular weight is 514 g/mol. The van der Waals surface area contributed by atoms with Crippen LogP contribution in [0.3, 0.4) is 0 Å². The minimum Gasteiger partial charge on any atom is -0.541 e. The summed E-state index contributed by atoms with van der Waals surface area (Å²) >= 11 is 0. The van der Waals surface area contributed by atoms with Crippen molar-refractivity contribution < 1.29 is 92.3 Å². The van der Waals surface area contributed by atoms with Gasteiger partial charge in [-0.1, -0.05) is 0 Å². The van der Waals surface area contributed by atoms with Crippen molar-refractivity contribution in [3.8, 4) is 5.75 Å². The Labute approximate surface area is 138 Å². The molecule has 1 aromatic rings. The molecule has 0 saturated carbocycles.